The number of benzene rings is 1. The molecule has 0 atom stereocenters. The zero-order valence-electron chi connectivity index (χ0n) is 10.6. The van der Waals surface area contributed by atoms with Crippen LogP contribution in [0.25, 0.3) is 0 Å². The maximum absolute atomic E-state index is 12.4. The van der Waals surface area contributed by atoms with Crippen LogP contribution in [0.5, 0.6) is 0 Å². The van der Waals surface area contributed by atoms with Crippen LogP contribution in [0, 0.1) is 6.92 Å². The summed E-state index contributed by atoms with van der Waals surface area (Å²) in [5.41, 5.74) is 7.01. The minimum atomic E-state index is -3.55. The number of halogens is 1. The molecule has 2 N–H and O–H groups in total. The van der Waals surface area contributed by atoms with Gasteiger partial charge in [-0.15, -0.1) is 0 Å². The van der Waals surface area contributed by atoms with Crippen molar-refractivity contribution in [2.45, 2.75) is 17.6 Å². The van der Waals surface area contributed by atoms with E-state index in [1.807, 2.05) is 0 Å². The van der Waals surface area contributed by atoms with E-state index < -0.39 is 9.84 Å². The number of hydrogen-bond acceptors (Lipinski definition) is 4. The Bertz CT molecular complexity index is 723. The molecule has 0 aliphatic heterocycles. The maximum Gasteiger partial charge on any atom is 0.186 e. The highest BCUT2D eigenvalue weighted by Crippen LogP contribution is 2.26. The summed E-state index contributed by atoms with van der Waals surface area (Å²) in [7, 11) is -1.88. The van der Waals surface area contributed by atoms with Crippen molar-refractivity contribution >= 4 is 27.1 Å². The second kappa shape index (κ2) is 4.86. The topological polar surface area (TPSA) is 78.0 Å². The predicted molar refractivity (Wildman–Crippen MR) is 74.7 cm³/mol. The fourth-order valence-electron chi connectivity index (χ4n) is 1.86. The van der Waals surface area contributed by atoms with Crippen LogP contribution in [0.15, 0.2) is 29.2 Å². The first-order chi connectivity index (χ1) is 8.83. The van der Waals surface area contributed by atoms with E-state index in [2.05, 4.69) is 5.10 Å². The molecular weight excluding hydrogens is 286 g/mol. The molecule has 0 amide bonds. The van der Waals surface area contributed by atoms with E-state index >= 15 is 0 Å². The van der Waals surface area contributed by atoms with Gasteiger partial charge in [-0.2, -0.15) is 5.10 Å². The third-order valence-electron chi connectivity index (χ3n) is 2.84. The van der Waals surface area contributed by atoms with Crippen LogP contribution in [-0.2, 0) is 22.6 Å². The second-order valence-electron chi connectivity index (χ2n) is 4.27. The Morgan fingerprint density at radius 1 is 1.37 bits per heavy atom. The molecule has 102 valence electrons. The van der Waals surface area contributed by atoms with Crippen LogP contribution >= 0.6 is 11.6 Å². The number of nitrogens with two attached hydrogens (primary N) is 1. The zero-order valence-corrected chi connectivity index (χ0v) is 12.2. The molecule has 0 unspecified atom stereocenters. The van der Waals surface area contributed by atoms with Gasteiger partial charge in [-0.1, -0.05) is 23.7 Å². The first-order valence-corrected chi connectivity index (χ1v) is 7.61. The van der Waals surface area contributed by atoms with E-state index in [1.165, 1.54) is 10.7 Å². The smallest absolute Gasteiger partial charge is 0.186 e. The van der Waals surface area contributed by atoms with Crippen molar-refractivity contribution in [3.8, 4) is 0 Å². The van der Waals surface area contributed by atoms with Crippen molar-refractivity contribution < 1.29 is 8.42 Å². The lowest BCUT2D eigenvalue weighted by Gasteiger charge is -2.08. The van der Waals surface area contributed by atoms with Crippen LogP contribution in [0.3, 0.4) is 0 Å². The molecule has 1 aromatic carbocycles. The first-order valence-electron chi connectivity index (χ1n) is 5.58. The van der Waals surface area contributed by atoms with E-state index in [1.54, 1.807) is 32.2 Å². The molecule has 0 bridgehead atoms. The van der Waals surface area contributed by atoms with Gasteiger partial charge in [0.05, 0.1) is 32.7 Å². The summed E-state index contributed by atoms with van der Waals surface area (Å²) in [4.78, 5) is 0.116. The number of nitrogens with zero attached hydrogens (tertiary/aromatic N) is 2. The van der Waals surface area contributed by atoms with Gasteiger partial charge in [0, 0.05) is 7.05 Å². The largest absolute Gasteiger partial charge is 0.398 e. The summed E-state index contributed by atoms with van der Waals surface area (Å²) in [5, 5.41) is 4.48. The normalized spacial score (nSPS) is 11.7. The summed E-state index contributed by atoms with van der Waals surface area (Å²) in [6.45, 7) is 1.73. The molecule has 0 aliphatic rings. The summed E-state index contributed by atoms with van der Waals surface area (Å²) in [6.07, 6.45) is 0. The fourth-order valence-corrected chi connectivity index (χ4v) is 3.72. The number of anilines is 1. The Hall–Kier alpha value is -1.53. The van der Waals surface area contributed by atoms with Crippen molar-refractivity contribution in [3.05, 3.63) is 40.7 Å². The molecule has 0 spiro atoms. The number of sulfone groups is 1. The molecule has 2 aromatic rings. The summed E-state index contributed by atoms with van der Waals surface area (Å²) in [5.74, 6) is -0.225. The van der Waals surface area contributed by atoms with Crippen molar-refractivity contribution in [2.75, 3.05) is 5.73 Å². The molecular formula is C12H14ClN3O2S. The quantitative estimate of drug-likeness (QED) is 0.879. The predicted octanol–water partition coefficient (Wildman–Crippen LogP) is 1.94. The summed E-state index contributed by atoms with van der Waals surface area (Å²) < 4.78 is 26.2. The lowest BCUT2D eigenvalue weighted by molar-refractivity contribution is 0.592. The van der Waals surface area contributed by atoms with Gasteiger partial charge < -0.3 is 5.73 Å². The van der Waals surface area contributed by atoms with Gasteiger partial charge in [0.1, 0.15) is 0 Å². The Morgan fingerprint density at radius 3 is 2.53 bits per heavy atom. The van der Waals surface area contributed by atoms with Gasteiger partial charge in [0.25, 0.3) is 0 Å². The number of hydrogen-bond donors (Lipinski definition) is 1. The highest BCUT2D eigenvalue weighted by atomic mass is 35.5. The zero-order chi connectivity index (χ0) is 14.2. The molecule has 0 saturated carbocycles. The average molecular weight is 300 g/mol. The van der Waals surface area contributed by atoms with Gasteiger partial charge in [-0.25, -0.2) is 8.42 Å². The van der Waals surface area contributed by atoms with Gasteiger partial charge in [-0.05, 0) is 19.1 Å². The van der Waals surface area contributed by atoms with Gasteiger partial charge in [-0.3, -0.25) is 4.68 Å². The molecule has 0 fully saturated rings. The Kier molecular flexibility index (Phi) is 3.56. The Balaban J connectivity index is 2.46. The average Bonchev–Trinajstić information content (AvgIpc) is 2.56. The molecule has 0 aliphatic carbocycles. The third-order valence-corrected chi connectivity index (χ3v) is 5.03. The van der Waals surface area contributed by atoms with Crippen molar-refractivity contribution in [2.24, 2.45) is 7.05 Å². The third kappa shape index (κ3) is 2.59. The van der Waals surface area contributed by atoms with E-state index in [0.717, 1.165) is 0 Å². The van der Waals surface area contributed by atoms with Crippen LogP contribution in [0.1, 0.15) is 11.4 Å². The van der Waals surface area contributed by atoms with Crippen LogP contribution in [-0.4, -0.2) is 18.2 Å². The molecule has 5 nitrogen and oxygen atoms in total. The summed E-state index contributed by atoms with van der Waals surface area (Å²) >= 11 is 6.07. The minimum Gasteiger partial charge on any atom is -0.398 e. The first kappa shape index (κ1) is 13.9. The monoisotopic (exact) mass is 299 g/mol. The van der Waals surface area contributed by atoms with Gasteiger partial charge in [0.2, 0.25) is 0 Å². The number of rotatable bonds is 3. The van der Waals surface area contributed by atoms with Crippen molar-refractivity contribution in [1.29, 1.82) is 0 Å². The Morgan fingerprint density at radius 2 is 2.00 bits per heavy atom. The van der Waals surface area contributed by atoms with E-state index in [-0.39, 0.29) is 16.3 Å². The van der Waals surface area contributed by atoms with Crippen molar-refractivity contribution in [3.63, 3.8) is 0 Å². The summed E-state index contributed by atoms with van der Waals surface area (Å²) in [6, 6.07) is 6.37. The van der Waals surface area contributed by atoms with Gasteiger partial charge >= 0.3 is 0 Å². The molecule has 7 heteroatoms. The maximum atomic E-state index is 12.4. The molecule has 1 aromatic heterocycles. The number of para-hydroxylation sites is 1. The lowest BCUT2D eigenvalue weighted by Crippen LogP contribution is -2.11. The number of nitrogen functional groups attached to an aromatic ring is 1. The lowest BCUT2D eigenvalue weighted by atomic mass is 10.3. The molecule has 2 rings (SSSR count). The van der Waals surface area contributed by atoms with Crippen molar-refractivity contribution in [1.82, 2.24) is 9.78 Å². The fraction of sp³-hybridized carbons (Fsp3) is 0.250. The minimum absolute atomic E-state index is 0.116. The highest BCUT2D eigenvalue weighted by molar-refractivity contribution is 7.90. The number of aromatic nitrogens is 2. The van der Waals surface area contributed by atoms with Crippen LogP contribution < -0.4 is 5.73 Å². The number of aryl methyl sites for hydroxylation is 2. The molecule has 1 heterocycles. The Labute approximate surface area is 116 Å². The standard InChI is InChI=1S/C12H14ClN3O2S/c1-8-12(13)10(16(2)15-8)7-19(17,18)11-6-4-3-5-9(11)14/h3-6H,7,14H2,1-2H3. The highest BCUT2D eigenvalue weighted by Gasteiger charge is 2.22. The van der Waals surface area contributed by atoms with E-state index in [0.29, 0.717) is 16.4 Å². The van der Waals surface area contributed by atoms with E-state index in [4.69, 9.17) is 17.3 Å². The second-order valence-corrected chi connectivity index (χ2v) is 6.60. The molecule has 0 saturated heterocycles. The van der Waals surface area contributed by atoms with Gasteiger partial charge in [0.15, 0.2) is 9.84 Å². The van der Waals surface area contributed by atoms with Crippen LogP contribution in [0.2, 0.25) is 5.02 Å². The molecule has 0 radical (unpaired) electrons. The molecule has 19 heavy (non-hydrogen) atoms. The SMILES string of the molecule is Cc1nn(C)c(CS(=O)(=O)c2ccccc2N)c1Cl. The van der Waals surface area contributed by atoms with E-state index in [9.17, 15) is 8.42 Å². The van der Waals surface area contributed by atoms with Crippen LogP contribution in [0.4, 0.5) is 5.69 Å².